The van der Waals surface area contributed by atoms with Gasteiger partial charge in [0.1, 0.15) is 0 Å². The SMILES string of the molecule is CC[C@H](C)NC(=O)C(=O)N/N=C\c1cc(Cl)c(OCC(=O)Nc2ccccc2Cl)c(OC)c1. The Morgan fingerprint density at radius 3 is 2.52 bits per heavy atom. The summed E-state index contributed by atoms with van der Waals surface area (Å²) < 4.78 is 10.8. The van der Waals surface area contributed by atoms with Gasteiger partial charge in [0.25, 0.3) is 5.91 Å². The number of rotatable bonds is 9. The normalized spacial score (nSPS) is 11.5. The molecule has 0 spiro atoms. The Morgan fingerprint density at radius 1 is 1.12 bits per heavy atom. The number of nitrogens with zero attached hydrogens (tertiary/aromatic N) is 1. The van der Waals surface area contributed by atoms with E-state index in [9.17, 15) is 14.4 Å². The molecule has 0 saturated carbocycles. The van der Waals surface area contributed by atoms with Crippen LogP contribution in [-0.4, -0.2) is 43.7 Å². The van der Waals surface area contributed by atoms with Crippen LogP contribution in [0.1, 0.15) is 25.8 Å². The highest BCUT2D eigenvalue weighted by Gasteiger charge is 2.16. The number of hydrogen-bond acceptors (Lipinski definition) is 6. The van der Waals surface area contributed by atoms with Gasteiger partial charge in [0.15, 0.2) is 18.1 Å². The van der Waals surface area contributed by atoms with Crippen molar-refractivity contribution >= 4 is 52.8 Å². The van der Waals surface area contributed by atoms with Gasteiger partial charge in [0.05, 0.1) is 29.1 Å². The summed E-state index contributed by atoms with van der Waals surface area (Å²) in [6.45, 7) is 3.33. The molecule has 0 aliphatic rings. The summed E-state index contributed by atoms with van der Waals surface area (Å²) in [6, 6.07) is 9.71. The molecule has 33 heavy (non-hydrogen) atoms. The highest BCUT2D eigenvalue weighted by Crippen LogP contribution is 2.36. The van der Waals surface area contributed by atoms with Crippen molar-refractivity contribution in [3.63, 3.8) is 0 Å². The van der Waals surface area contributed by atoms with Crippen LogP contribution in [0.5, 0.6) is 11.5 Å². The molecule has 0 aliphatic carbocycles. The van der Waals surface area contributed by atoms with Crippen molar-refractivity contribution in [1.29, 1.82) is 0 Å². The second-order valence-corrected chi connectivity index (χ2v) is 7.65. The number of carbonyl (C=O) groups is 3. The fourth-order valence-corrected chi connectivity index (χ4v) is 2.91. The Kier molecular flexibility index (Phi) is 9.96. The molecule has 2 aromatic rings. The molecule has 0 heterocycles. The Balaban J connectivity index is 2.00. The molecule has 3 amide bonds. The van der Waals surface area contributed by atoms with Gasteiger partial charge in [-0.3, -0.25) is 14.4 Å². The first-order chi connectivity index (χ1) is 15.7. The minimum Gasteiger partial charge on any atom is -0.493 e. The van der Waals surface area contributed by atoms with Crippen LogP contribution in [0.2, 0.25) is 10.0 Å². The number of anilines is 1. The van der Waals surface area contributed by atoms with Gasteiger partial charge in [-0.25, -0.2) is 5.43 Å². The van der Waals surface area contributed by atoms with E-state index < -0.39 is 17.7 Å². The monoisotopic (exact) mass is 494 g/mol. The molecule has 0 bridgehead atoms. The Labute approximate surface area is 201 Å². The Bertz CT molecular complexity index is 1050. The van der Waals surface area contributed by atoms with E-state index in [2.05, 4.69) is 21.2 Å². The molecule has 2 aromatic carbocycles. The van der Waals surface area contributed by atoms with Crippen molar-refractivity contribution in [2.45, 2.75) is 26.3 Å². The lowest BCUT2D eigenvalue weighted by atomic mass is 10.2. The number of benzene rings is 2. The van der Waals surface area contributed by atoms with Crippen LogP contribution in [0.25, 0.3) is 0 Å². The first kappa shape index (κ1) is 26.0. The molecule has 0 radical (unpaired) electrons. The van der Waals surface area contributed by atoms with Crippen molar-refractivity contribution < 1.29 is 23.9 Å². The van der Waals surface area contributed by atoms with Crippen molar-refractivity contribution in [2.75, 3.05) is 19.0 Å². The number of ether oxygens (including phenoxy) is 2. The average molecular weight is 495 g/mol. The van der Waals surface area contributed by atoms with E-state index in [1.54, 1.807) is 37.3 Å². The van der Waals surface area contributed by atoms with E-state index in [0.29, 0.717) is 22.7 Å². The molecule has 9 nitrogen and oxygen atoms in total. The van der Waals surface area contributed by atoms with Crippen molar-refractivity contribution in [3.8, 4) is 11.5 Å². The number of halogens is 2. The molecule has 176 valence electrons. The van der Waals surface area contributed by atoms with Crippen LogP contribution in [-0.2, 0) is 14.4 Å². The van der Waals surface area contributed by atoms with Crippen molar-refractivity contribution in [2.24, 2.45) is 5.10 Å². The standard InChI is InChI=1S/C22H24Cl2N4O5/c1-4-13(2)26-21(30)22(31)28-25-11-14-9-16(24)20(18(10-14)32-3)33-12-19(29)27-17-8-6-5-7-15(17)23/h5-11,13H,4,12H2,1-3H3,(H,26,30)(H,27,29)(H,28,31)/b25-11-/t13-/m0/s1. The third-order valence-corrected chi connectivity index (χ3v) is 4.93. The Hall–Kier alpha value is -3.30. The predicted octanol–water partition coefficient (Wildman–Crippen LogP) is 3.38. The number of nitrogens with one attached hydrogen (secondary N) is 3. The number of hydrazone groups is 1. The first-order valence-electron chi connectivity index (χ1n) is 9.93. The van der Waals surface area contributed by atoms with Gasteiger partial charge in [-0.2, -0.15) is 5.10 Å². The summed E-state index contributed by atoms with van der Waals surface area (Å²) in [6.07, 6.45) is 1.98. The van der Waals surface area contributed by atoms with E-state index >= 15 is 0 Å². The molecular formula is C22H24Cl2N4O5. The minimum atomic E-state index is -0.894. The molecule has 0 unspecified atom stereocenters. The smallest absolute Gasteiger partial charge is 0.329 e. The highest BCUT2D eigenvalue weighted by atomic mass is 35.5. The van der Waals surface area contributed by atoms with E-state index in [0.717, 1.165) is 0 Å². The third kappa shape index (κ3) is 7.96. The van der Waals surface area contributed by atoms with E-state index in [4.69, 9.17) is 32.7 Å². The minimum absolute atomic E-state index is 0.130. The summed E-state index contributed by atoms with van der Waals surface area (Å²) in [4.78, 5) is 35.7. The summed E-state index contributed by atoms with van der Waals surface area (Å²) in [7, 11) is 1.41. The largest absolute Gasteiger partial charge is 0.493 e. The number of carbonyl (C=O) groups excluding carboxylic acids is 3. The molecule has 0 aliphatic heterocycles. The number of amides is 3. The molecule has 2 rings (SSSR count). The lowest BCUT2D eigenvalue weighted by molar-refractivity contribution is -0.139. The summed E-state index contributed by atoms with van der Waals surface area (Å²) in [5, 5.41) is 9.48. The maximum absolute atomic E-state index is 12.2. The van der Waals surface area contributed by atoms with Gasteiger partial charge in [-0.05, 0) is 43.2 Å². The zero-order valence-corrected chi connectivity index (χ0v) is 19.8. The van der Waals surface area contributed by atoms with E-state index in [-0.39, 0.29) is 29.2 Å². The van der Waals surface area contributed by atoms with Crippen LogP contribution < -0.4 is 25.5 Å². The molecule has 11 heteroatoms. The molecule has 0 aromatic heterocycles. The second kappa shape index (κ2) is 12.7. The first-order valence-corrected chi connectivity index (χ1v) is 10.7. The highest BCUT2D eigenvalue weighted by molar-refractivity contribution is 6.35. The molecule has 0 saturated heterocycles. The van der Waals surface area contributed by atoms with Gasteiger partial charge in [-0.15, -0.1) is 0 Å². The van der Waals surface area contributed by atoms with E-state index in [1.165, 1.54) is 19.4 Å². The van der Waals surface area contributed by atoms with Gasteiger partial charge >= 0.3 is 11.8 Å². The van der Waals surface area contributed by atoms with Crippen LogP contribution in [0.4, 0.5) is 5.69 Å². The zero-order valence-electron chi connectivity index (χ0n) is 18.3. The summed E-state index contributed by atoms with van der Waals surface area (Å²) in [5.41, 5.74) is 3.06. The van der Waals surface area contributed by atoms with Gasteiger partial charge in [-0.1, -0.05) is 42.3 Å². The van der Waals surface area contributed by atoms with E-state index in [1.807, 2.05) is 6.92 Å². The number of hydrogen-bond donors (Lipinski definition) is 3. The predicted molar refractivity (Wildman–Crippen MR) is 127 cm³/mol. The van der Waals surface area contributed by atoms with Crippen LogP contribution in [0.15, 0.2) is 41.5 Å². The number of para-hydroxylation sites is 1. The van der Waals surface area contributed by atoms with Crippen LogP contribution in [0, 0.1) is 0 Å². The lowest BCUT2D eigenvalue weighted by Gasteiger charge is -2.13. The van der Waals surface area contributed by atoms with Crippen molar-refractivity contribution in [3.05, 3.63) is 52.0 Å². The van der Waals surface area contributed by atoms with Gasteiger partial charge < -0.3 is 20.1 Å². The fraction of sp³-hybridized carbons (Fsp3) is 0.273. The lowest BCUT2D eigenvalue weighted by Crippen LogP contribution is -2.41. The van der Waals surface area contributed by atoms with Gasteiger partial charge in [0, 0.05) is 6.04 Å². The summed E-state index contributed by atoms with van der Waals surface area (Å²) >= 11 is 12.3. The molecular weight excluding hydrogens is 471 g/mol. The second-order valence-electron chi connectivity index (χ2n) is 6.83. The average Bonchev–Trinajstić information content (AvgIpc) is 2.79. The fourth-order valence-electron chi connectivity index (χ4n) is 2.45. The topological polar surface area (TPSA) is 118 Å². The van der Waals surface area contributed by atoms with Gasteiger partial charge in [0.2, 0.25) is 0 Å². The maximum Gasteiger partial charge on any atom is 0.329 e. The van der Waals surface area contributed by atoms with Crippen LogP contribution >= 0.6 is 23.2 Å². The zero-order chi connectivity index (χ0) is 24.4. The third-order valence-electron chi connectivity index (χ3n) is 4.32. The van der Waals surface area contributed by atoms with Crippen molar-refractivity contribution in [1.82, 2.24) is 10.7 Å². The summed E-state index contributed by atoms with van der Waals surface area (Å²) in [5.74, 6) is -1.71. The molecule has 0 fully saturated rings. The quantitative estimate of drug-likeness (QED) is 0.280. The van der Waals surface area contributed by atoms with Crippen LogP contribution in [0.3, 0.4) is 0 Å². The molecule has 3 N–H and O–H groups in total. The maximum atomic E-state index is 12.2. The Morgan fingerprint density at radius 2 is 1.85 bits per heavy atom. The molecule has 1 atom stereocenters. The number of methoxy groups -OCH3 is 1.